The number of aldehydes is 1. The van der Waals surface area contributed by atoms with Gasteiger partial charge in [0.1, 0.15) is 18.8 Å². The Hall–Kier alpha value is -4.61. The minimum absolute atomic E-state index is 0. The van der Waals surface area contributed by atoms with E-state index in [0.29, 0.717) is 80.0 Å². The molecule has 5 heterocycles. The van der Waals surface area contributed by atoms with Gasteiger partial charge >= 0.3 is 35.0 Å². The summed E-state index contributed by atoms with van der Waals surface area (Å²) in [5, 5.41) is 6.19. The largest absolute Gasteiger partial charge is 2.00 e. The molecule has 0 unspecified atom stereocenters. The number of Topliss-reactive ketones (excluding diaryl/α,β-unsaturated/α-hetero) is 1. The van der Waals surface area contributed by atoms with Gasteiger partial charge in [0.05, 0.1) is 7.11 Å². The smallest absolute Gasteiger partial charge is 0.664 e. The molecular formula is C49H62MgN4O6-2. The van der Waals surface area contributed by atoms with Crippen LogP contribution in [0.1, 0.15) is 160 Å². The predicted octanol–water partition coefficient (Wildman–Crippen LogP) is 8.31. The van der Waals surface area contributed by atoms with E-state index in [9.17, 15) is 19.2 Å². The Morgan fingerprint density at radius 2 is 1.62 bits per heavy atom. The summed E-state index contributed by atoms with van der Waals surface area (Å²) < 4.78 is 10.8. The third-order valence-electron chi connectivity index (χ3n) is 11.5. The second-order valence-electron chi connectivity index (χ2n) is 15.9. The van der Waals surface area contributed by atoms with Crippen LogP contribution >= 0.6 is 0 Å². The van der Waals surface area contributed by atoms with Gasteiger partial charge in [0, 0.05) is 17.5 Å². The van der Waals surface area contributed by atoms with E-state index in [0.717, 1.165) is 41.7 Å². The van der Waals surface area contributed by atoms with Gasteiger partial charge in [-0.05, 0) is 69.4 Å². The summed E-state index contributed by atoms with van der Waals surface area (Å²) >= 11 is 0. The number of ether oxygens (including phenoxy) is 2. The maximum absolute atomic E-state index is 14.2. The second-order valence-corrected chi connectivity index (χ2v) is 15.9. The van der Waals surface area contributed by atoms with Gasteiger partial charge in [-0.15, -0.1) is 33.5 Å². The first-order valence-electron chi connectivity index (χ1n) is 20.7. The van der Waals surface area contributed by atoms with Crippen LogP contribution in [-0.2, 0) is 25.5 Å². The molecule has 0 amide bonds. The molecular weight excluding hydrogens is 765 g/mol. The molecule has 8 bridgehead atoms. The topological polar surface area (TPSA) is 143 Å². The standard InChI is InChI=1S/C42H45N4O6.C6H14.CH4.Mg/c1-9-12-21(4)15-16-52-35(48)14-13-27-23(6)30-17-29-22(5)25(10-2)32(43-29)19-34-28(20-47)26(11-3)33(44-34)18-31-24(7)36-40(46-31)37(39(27)45-30)38(41(36)49)42(50)51-8;1-4-5-6(2)3;;/h10,15,17-20,23,27,38H,2,9,11-14,16H2,1,3-8H3,(H-,45,46,47,49);6H,4-5H2,1-3H3;1H4;/q-3;;;+2/p-1/b21-15+,30-17-,34-19-;;;/t23-,27-,38+;;;/m0.../s1. The second kappa shape index (κ2) is 21.8. The zero-order valence-corrected chi connectivity index (χ0v) is 38.0. The normalized spacial score (nSPS) is 20.8. The average Bonchev–Trinajstić information content (AvgIpc) is 3.94. The van der Waals surface area contributed by atoms with Crippen molar-refractivity contribution in [3.05, 3.63) is 102 Å². The quantitative estimate of drug-likeness (QED) is 0.0547. The van der Waals surface area contributed by atoms with Crippen molar-refractivity contribution in [3.63, 3.8) is 0 Å². The number of allylic oxidation sites excluding steroid dienone is 3. The number of carbonyl (C=O) groups is 4. The Balaban J connectivity index is 0.00000112. The van der Waals surface area contributed by atoms with Gasteiger partial charge in [0.25, 0.3) is 0 Å². The van der Waals surface area contributed by atoms with Crippen molar-refractivity contribution in [2.24, 2.45) is 23.7 Å². The van der Waals surface area contributed by atoms with Gasteiger partial charge in [-0.1, -0.05) is 127 Å². The van der Waals surface area contributed by atoms with Gasteiger partial charge < -0.3 is 29.7 Å². The molecule has 3 aliphatic rings. The summed E-state index contributed by atoms with van der Waals surface area (Å²) in [6.45, 7) is 22.8. The number of fused-ring (bicyclic) bond motifs is 7. The Labute approximate surface area is 372 Å². The van der Waals surface area contributed by atoms with Crippen LogP contribution in [0.4, 0.5) is 0 Å². The molecule has 0 spiro atoms. The van der Waals surface area contributed by atoms with Crippen LogP contribution in [0, 0.1) is 37.5 Å². The molecule has 0 N–H and O–H groups in total. The fraction of sp³-hybridized carbons (Fsp3) is 0.469. The van der Waals surface area contributed by atoms with Crippen LogP contribution in [0.25, 0.3) is 35.2 Å². The SMILES string of the molecule is C.C=Cc1c2[n-]c(c1C)/C=C1\[N-]/C(=C3\c4[n-]c(c(C)c4C(=O)[C@@H]3C(=O)OC)/C=c3\[n-]/c(c(C=O)c3CC)=C\2)[C@@H](CCC(=O)OC/C=C(\C)CCC)[C@@H]1C.CCCC(C)C.[Mg+2]. The fourth-order valence-electron chi connectivity index (χ4n) is 8.29. The van der Waals surface area contributed by atoms with Gasteiger partial charge in [0.2, 0.25) is 0 Å². The zero-order chi connectivity index (χ0) is 42.4. The Morgan fingerprint density at radius 1 is 0.933 bits per heavy atom. The minimum atomic E-state index is -1.26. The minimum Gasteiger partial charge on any atom is -0.664 e. The molecule has 6 rings (SSSR count). The maximum Gasteiger partial charge on any atom is 2.00 e. The first-order chi connectivity index (χ1) is 27.7. The molecule has 1 aliphatic carbocycles. The molecule has 10 nitrogen and oxygen atoms in total. The molecule has 1 saturated heterocycles. The zero-order valence-electron chi connectivity index (χ0n) is 36.6. The number of ketones is 1. The summed E-state index contributed by atoms with van der Waals surface area (Å²) in [6, 6.07) is 0. The molecule has 11 heteroatoms. The van der Waals surface area contributed by atoms with Gasteiger partial charge in [0.15, 0.2) is 5.78 Å². The van der Waals surface area contributed by atoms with E-state index < -0.39 is 17.7 Å². The average molecular weight is 827 g/mol. The molecule has 60 heavy (non-hydrogen) atoms. The fourth-order valence-corrected chi connectivity index (χ4v) is 8.29. The number of rotatable bonds is 13. The molecule has 1 fully saturated rings. The third-order valence-corrected chi connectivity index (χ3v) is 11.5. The number of nitrogens with zero attached hydrogens (tertiary/aromatic N) is 4. The van der Waals surface area contributed by atoms with Crippen molar-refractivity contribution in [3.8, 4) is 0 Å². The molecule has 2 aliphatic heterocycles. The number of methoxy groups -OCH3 is 1. The molecule has 0 saturated carbocycles. The summed E-state index contributed by atoms with van der Waals surface area (Å²) in [5.41, 5.74) is 8.76. The van der Waals surface area contributed by atoms with E-state index >= 15 is 0 Å². The molecule has 3 aromatic rings. The van der Waals surface area contributed by atoms with Gasteiger partial charge in [-0.2, -0.15) is 11.4 Å². The Morgan fingerprint density at radius 3 is 2.20 bits per heavy atom. The first kappa shape index (κ1) is 49.7. The predicted molar refractivity (Wildman–Crippen MR) is 242 cm³/mol. The Bertz CT molecular complexity index is 2310. The van der Waals surface area contributed by atoms with E-state index in [1.807, 2.05) is 39.8 Å². The van der Waals surface area contributed by atoms with Gasteiger partial charge in [-0.3, -0.25) is 19.2 Å². The van der Waals surface area contributed by atoms with Crippen molar-refractivity contribution in [2.45, 2.75) is 115 Å². The van der Waals surface area contributed by atoms with Crippen LogP contribution in [0.5, 0.6) is 0 Å². The molecule has 3 atom stereocenters. The maximum atomic E-state index is 14.2. The summed E-state index contributed by atoms with van der Waals surface area (Å²) in [7, 11) is 1.26. The van der Waals surface area contributed by atoms with E-state index in [2.05, 4.69) is 34.3 Å². The van der Waals surface area contributed by atoms with Crippen molar-refractivity contribution < 1.29 is 28.7 Å². The van der Waals surface area contributed by atoms with E-state index in [1.54, 1.807) is 25.2 Å². The van der Waals surface area contributed by atoms with Crippen LogP contribution in [0.2, 0.25) is 0 Å². The third kappa shape index (κ3) is 10.1. The number of hydrogen-bond donors (Lipinski definition) is 0. The van der Waals surface area contributed by atoms with E-state index in [-0.39, 0.29) is 61.3 Å². The van der Waals surface area contributed by atoms with Crippen LogP contribution in [0.3, 0.4) is 0 Å². The van der Waals surface area contributed by atoms with Crippen LogP contribution in [0.15, 0.2) is 29.6 Å². The van der Waals surface area contributed by atoms with Crippen molar-refractivity contribution >= 4 is 76.9 Å². The molecule has 0 aromatic carbocycles. The molecule has 0 radical (unpaired) electrons. The monoisotopic (exact) mass is 826 g/mol. The number of aromatic nitrogens is 3. The summed E-state index contributed by atoms with van der Waals surface area (Å²) in [4.78, 5) is 67.9. The summed E-state index contributed by atoms with van der Waals surface area (Å²) in [6.07, 6.45) is 15.7. The molecule has 318 valence electrons. The Kier molecular flexibility index (Phi) is 18.0. The van der Waals surface area contributed by atoms with E-state index in [4.69, 9.17) is 29.7 Å². The van der Waals surface area contributed by atoms with Crippen molar-refractivity contribution in [2.75, 3.05) is 13.7 Å². The first-order valence-corrected chi connectivity index (χ1v) is 20.7. The number of carbonyl (C=O) groups excluding carboxylic acids is 4. The van der Waals surface area contributed by atoms with Crippen LogP contribution < -0.4 is 25.7 Å². The van der Waals surface area contributed by atoms with Gasteiger partial charge in [-0.25, -0.2) is 0 Å². The van der Waals surface area contributed by atoms with Crippen LogP contribution in [-0.4, -0.2) is 60.8 Å². The van der Waals surface area contributed by atoms with Crippen molar-refractivity contribution in [1.82, 2.24) is 15.0 Å². The molecule has 3 aromatic heterocycles. The summed E-state index contributed by atoms with van der Waals surface area (Å²) in [5.74, 6) is -2.39. The number of hydrogen-bond acceptors (Lipinski definition) is 6. The van der Waals surface area contributed by atoms with E-state index in [1.165, 1.54) is 25.5 Å². The number of esters is 2. The van der Waals surface area contributed by atoms with Crippen molar-refractivity contribution in [1.29, 1.82) is 0 Å².